The lowest BCUT2D eigenvalue weighted by Crippen LogP contribution is -2.24. The molecule has 0 spiro atoms. The van der Waals surface area contributed by atoms with Gasteiger partial charge in [0.05, 0.1) is 10.9 Å². The molecule has 1 aromatic carbocycles. The van der Waals surface area contributed by atoms with Crippen LogP contribution in [0.5, 0.6) is 0 Å². The first-order valence-corrected chi connectivity index (χ1v) is 9.57. The number of hydrogen-bond donors (Lipinski definition) is 2. The lowest BCUT2D eigenvalue weighted by Gasteiger charge is -2.12. The minimum absolute atomic E-state index is 0.225. The third-order valence-corrected chi connectivity index (χ3v) is 5.25. The lowest BCUT2D eigenvalue weighted by atomic mass is 10.1. The number of nitrogens with zero attached hydrogens (tertiary/aromatic N) is 3. The maximum absolute atomic E-state index is 12.4. The Morgan fingerprint density at radius 1 is 1.30 bits per heavy atom. The second-order valence-electron chi connectivity index (χ2n) is 5.79. The number of amides is 1. The highest BCUT2D eigenvalue weighted by Crippen LogP contribution is 2.23. The number of carbonyl (C=O) groups excluding carboxylic acids is 1. The number of halogens is 1. The monoisotopic (exact) mass is 403 g/mol. The van der Waals surface area contributed by atoms with E-state index in [4.69, 9.17) is 11.6 Å². The van der Waals surface area contributed by atoms with Crippen molar-refractivity contribution >= 4 is 35.0 Å². The van der Waals surface area contributed by atoms with E-state index in [1.54, 1.807) is 29.8 Å². The third-order valence-electron chi connectivity index (χ3n) is 3.86. The highest BCUT2D eigenvalue weighted by atomic mass is 35.5. The molecule has 3 aromatic rings. The number of aromatic nitrogens is 4. The topological polar surface area (TPSA) is 92.7 Å². The van der Waals surface area contributed by atoms with Crippen LogP contribution in [0.1, 0.15) is 12.5 Å². The fraction of sp³-hybridized carbons (Fsp3) is 0.222. The lowest BCUT2D eigenvalue weighted by molar-refractivity contribution is -0.115. The smallest absolute Gasteiger partial charge is 0.322 e. The molecule has 0 unspecified atom stereocenters. The molecule has 0 saturated heterocycles. The fourth-order valence-electron chi connectivity index (χ4n) is 2.40. The predicted octanol–water partition coefficient (Wildman–Crippen LogP) is 2.98. The van der Waals surface area contributed by atoms with Crippen LogP contribution in [-0.2, 0) is 17.8 Å². The van der Waals surface area contributed by atoms with E-state index in [1.165, 1.54) is 11.8 Å². The zero-order valence-corrected chi connectivity index (χ0v) is 16.1. The summed E-state index contributed by atoms with van der Waals surface area (Å²) in [4.78, 5) is 28.4. The second-order valence-corrected chi connectivity index (χ2v) is 7.46. The Balaban J connectivity index is 1.65. The van der Waals surface area contributed by atoms with Gasteiger partial charge in [-0.2, -0.15) is 0 Å². The summed E-state index contributed by atoms with van der Waals surface area (Å²) in [6.07, 6.45) is 2.24. The van der Waals surface area contributed by atoms with Gasteiger partial charge in [0.25, 0.3) is 0 Å². The molecule has 0 aliphatic rings. The molecule has 0 fully saturated rings. The molecule has 0 radical (unpaired) electrons. The molecule has 7 nitrogen and oxygen atoms in total. The molecular formula is C18H18ClN5O2S. The summed E-state index contributed by atoms with van der Waals surface area (Å²) in [5.74, 6) is -0.250. The number of thioether (sulfide) groups is 1. The summed E-state index contributed by atoms with van der Waals surface area (Å²) < 4.78 is 1.54. The average Bonchev–Trinajstić information content (AvgIpc) is 3.02. The molecule has 140 valence electrons. The van der Waals surface area contributed by atoms with Crippen LogP contribution in [0.3, 0.4) is 0 Å². The molecule has 0 saturated carbocycles. The largest absolute Gasteiger partial charge is 0.343 e. The van der Waals surface area contributed by atoms with Crippen LogP contribution in [0.4, 0.5) is 5.69 Å². The van der Waals surface area contributed by atoms with Gasteiger partial charge in [-0.1, -0.05) is 53.7 Å². The number of H-pyrrole nitrogens is 1. The van der Waals surface area contributed by atoms with Gasteiger partial charge in [0, 0.05) is 12.7 Å². The number of aryl methyl sites for hydroxylation is 1. The number of nitrogens with one attached hydrogen (secondary N) is 2. The summed E-state index contributed by atoms with van der Waals surface area (Å²) in [5, 5.41) is 9.44. The van der Waals surface area contributed by atoms with Crippen molar-refractivity contribution in [3.63, 3.8) is 0 Å². The van der Waals surface area contributed by atoms with Crippen molar-refractivity contribution < 1.29 is 4.79 Å². The van der Waals surface area contributed by atoms with Crippen molar-refractivity contribution in [2.45, 2.75) is 30.3 Å². The van der Waals surface area contributed by atoms with Crippen molar-refractivity contribution in [2.24, 2.45) is 0 Å². The number of benzene rings is 1. The molecule has 3 rings (SSSR count). The minimum atomic E-state index is -0.480. The van der Waals surface area contributed by atoms with Crippen LogP contribution in [0.15, 0.2) is 58.6 Å². The second kappa shape index (κ2) is 8.88. The van der Waals surface area contributed by atoms with Crippen LogP contribution >= 0.6 is 23.4 Å². The zero-order chi connectivity index (χ0) is 19.2. The van der Waals surface area contributed by atoms with Gasteiger partial charge in [-0.05, 0) is 31.0 Å². The van der Waals surface area contributed by atoms with E-state index in [0.29, 0.717) is 23.8 Å². The van der Waals surface area contributed by atoms with Gasteiger partial charge in [0.1, 0.15) is 0 Å². The fourth-order valence-corrected chi connectivity index (χ4v) is 3.45. The van der Waals surface area contributed by atoms with Gasteiger partial charge in [-0.3, -0.25) is 9.36 Å². The number of anilines is 1. The number of hydrogen-bond acceptors (Lipinski definition) is 5. The van der Waals surface area contributed by atoms with Gasteiger partial charge < -0.3 is 5.32 Å². The average molecular weight is 404 g/mol. The predicted molar refractivity (Wildman–Crippen MR) is 106 cm³/mol. The van der Waals surface area contributed by atoms with Crippen LogP contribution in [0.25, 0.3) is 0 Å². The minimum Gasteiger partial charge on any atom is -0.322 e. The highest BCUT2D eigenvalue weighted by molar-refractivity contribution is 8.00. The van der Waals surface area contributed by atoms with Gasteiger partial charge in [0.15, 0.2) is 10.3 Å². The van der Waals surface area contributed by atoms with Crippen LogP contribution in [0, 0.1) is 0 Å². The molecule has 0 bridgehead atoms. The van der Waals surface area contributed by atoms with E-state index in [9.17, 15) is 9.59 Å². The van der Waals surface area contributed by atoms with E-state index in [2.05, 4.69) is 20.5 Å². The Hall–Kier alpha value is -2.58. The van der Waals surface area contributed by atoms with Crippen molar-refractivity contribution in [1.29, 1.82) is 0 Å². The molecule has 1 amide bonds. The molecule has 0 aliphatic carbocycles. The molecule has 0 aliphatic heterocycles. The summed E-state index contributed by atoms with van der Waals surface area (Å²) in [6, 6.07) is 13.2. The van der Waals surface area contributed by atoms with Gasteiger partial charge in [-0.15, -0.1) is 5.10 Å². The highest BCUT2D eigenvalue weighted by Gasteiger charge is 2.20. The van der Waals surface area contributed by atoms with Crippen LogP contribution in [0.2, 0.25) is 5.15 Å². The molecule has 27 heavy (non-hydrogen) atoms. The first-order valence-electron chi connectivity index (χ1n) is 8.32. The molecule has 9 heteroatoms. The number of aromatic amines is 1. The first kappa shape index (κ1) is 19.2. The maximum Gasteiger partial charge on any atom is 0.343 e. The van der Waals surface area contributed by atoms with Gasteiger partial charge >= 0.3 is 5.69 Å². The Labute approximate surface area is 165 Å². The Bertz CT molecular complexity index is 973. The summed E-state index contributed by atoms with van der Waals surface area (Å²) >= 11 is 7.17. The number of pyridine rings is 1. The Morgan fingerprint density at radius 3 is 2.81 bits per heavy atom. The molecule has 2 aromatic heterocycles. The van der Waals surface area contributed by atoms with E-state index in [0.717, 1.165) is 5.56 Å². The van der Waals surface area contributed by atoms with E-state index in [-0.39, 0.29) is 16.8 Å². The molecular weight excluding hydrogens is 386 g/mol. The maximum atomic E-state index is 12.4. The van der Waals surface area contributed by atoms with Crippen LogP contribution in [-0.4, -0.2) is 30.9 Å². The van der Waals surface area contributed by atoms with Crippen molar-refractivity contribution in [3.05, 3.63) is 69.9 Å². The quantitative estimate of drug-likeness (QED) is 0.467. The number of rotatable bonds is 7. The standard InChI is InChI=1S/C18H18ClN5O2S/c1-12(16(25)21-14-8-5-10-20-15(14)19)27-18-23-22-17(26)24(18)11-9-13-6-3-2-4-7-13/h2-8,10,12H,9,11H2,1H3,(H,21,25)(H,22,26)/t12-/m1/s1. The summed E-state index contributed by atoms with van der Waals surface area (Å²) in [5.41, 5.74) is 1.27. The SMILES string of the molecule is C[C@@H](Sc1n[nH]c(=O)n1CCc1ccccc1)C(=O)Nc1cccnc1Cl. The first-order chi connectivity index (χ1) is 13.0. The van der Waals surface area contributed by atoms with Gasteiger partial charge in [-0.25, -0.2) is 14.9 Å². The third kappa shape index (κ3) is 4.99. The number of carbonyl (C=O) groups is 1. The van der Waals surface area contributed by atoms with E-state index >= 15 is 0 Å². The normalized spacial score (nSPS) is 11.9. The molecule has 2 heterocycles. The van der Waals surface area contributed by atoms with Gasteiger partial charge in [0.2, 0.25) is 5.91 Å². The summed E-state index contributed by atoms with van der Waals surface area (Å²) in [7, 11) is 0. The molecule has 2 N–H and O–H groups in total. The van der Waals surface area contributed by atoms with Crippen molar-refractivity contribution in [3.8, 4) is 0 Å². The van der Waals surface area contributed by atoms with Crippen molar-refractivity contribution in [2.75, 3.05) is 5.32 Å². The van der Waals surface area contributed by atoms with Crippen molar-refractivity contribution in [1.82, 2.24) is 19.7 Å². The van der Waals surface area contributed by atoms with E-state index < -0.39 is 5.25 Å². The molecule has 1 atom stereocenters. The Kier molecular flexibility index (Phi) is 6.31. The van der Waals surface area contributed by atoms with Crippen LogP contribution < -0.4 is 11.0 Å². The zero-order valence-electron chi connectivity index (χ0n) is 14.6. The Morgan fingerprint density at radius 2 is 2.07 bits per heavy atom. The van der Waals surface area contributed by atoms with E-state index in [1.807, 2.05) is 30.3 Å². The summed E-state index contributed by atoms with van der Waals surface area (Å²) in [6.45, 7) is 2.22.